The number of anilines is 1. The van der Waals surface area contributed by atoms with Crippen LogP contribution in [0.25, 0.3) is 0 Å². The predicted octanol–water partition coefficient (Wildman–Crippen LogP) is 2.85. The number of amides is 1. The Hall–Kier alpha value is -2.25. The van der Waals surface area contributed by atoms with E-state index in [2.05, 4.69) is 5.32 Å². The minimum absolute atomic E-state index is 0.0825. The molecule has 0 saturated heterocycles. The Bertz CT molecular complexity index is 900. The second-order valence-electron chi connectivity index (χ2n) is 5.72. The van der Waals surface area contributed by atoms with Crippen LogP contribution in [0.3, 0.4) is 0 Å². The number of sulfonamides is 1. The van der Waals surface area contributed by atoms with Crippen LogP contribution >= 0.6 is 11.6 Å². The standard InChI is InChI=1S/C18H21ClN2O4S/c1-13-6-4-5-7-15(13)18(22)20-10-11-21(26(3,23)24)14-8-9-17(25-2)16(19)12-14/h4-9,12H,10-11H2,1-3H3,(H,20,22). The molecule has 0 aliphatic carbocycles. The summed E-state index contributed by atoms with van der Waals surface area (Å²) in [6.07, 6.45) is 1.11. The lowest BCUT2D eigenvalue weighted by Gasteiger charge is -2.23. The van der Waals surface area contributed by atoms with Gasteiger partial charge in [0.15, 0.2) is 0 Å². The van der Waals surface area contributed by atoms with E-state index in [-0.39, 0.29) is 19.0 Å². The monoisotopic (exact) mass is 396 g/mol. The van der Waals surface area contributed by atoms with Crippen LogP contribution in [0.15, 0.2) is 42.5 Å². The van der Waals surface area contributed by atoms with E-state index in [1.54, 1.807) is 24.3 Å². The fourth-order valence-corrected chi connectivity index (χ4v) is 3.66. The third-order valence-corrected chi connectivity index (χ3v) is 5.30. The molecule has 0 bridgehead atoms. The minimum Gasteiger partial charge on any atom is -0.495 e. The average Bonchev–Trinajstić information content (AvgIpc) is 2.57. The van der Waals surface area contributed by atoms with Crippen molar-refractivity contribution in [1.82, 2.24) is 5.32 Å². The zero-order valence-electron chi connectivity index (χ0n) is 14.8. The fourth-order valence-electron chi connectivity index (χ4n) is 2.49. The fraction of sp³-hybridized carbons (Fsp3) is 0.278. The molecular formula is C18H21ClN2O4S. The highest BCUT2D eigenvalue weighted by molar-refractivity contribution is 7.92. The molecule has 0 saturated carbocycles. The Morgan fingerprint density at radius 1 is 1.23 bits per heavy atom. The van der Waals surface area contributed by atoms with E-state index >= 15 is 0 Å². The van der Waals surface area contributed by atoms with Crippen LogP contribution in [0.1, 0.15) is 15.9 Å². The number of nitrogens with zero attached hydrogens (tertiary/aromatic N) is 1. The second-order valence-corrected chi connectivity index (χ2v) is 8.04. The normalized spacial score (nSPS) is 11.1. The summed E-state index contributed by atoms with van der Waals surface area (Å²) in [4.78, 5) is 12.3. The molecule has 0 fully saturated rings. The van der Waals surface area contributed by atoms with Crippen molar-refractivity contribution in [2.75, 3.05) is 30.8 Å². The number of benzene rings is 2. The maximum Gasteiger partial charge on any atom is 0.251 e. The summed E-state index contributed by atoms with van der Waals surface area (Å²) in [5, 5.41) is 3.05. The second kappa shape index (κ2) is 8.42. The number of hydrogen-bond acceptors (Lipinski definition) is 4. The number of hydrogen-bond donors (Lipinski definition) is 1. The first-order chi connectivity index (χ1) is 12.2. The van der Waals surface area contributed by atoms with Gasteiger partial charge in [0.05, 0.1) is 30.6 Å². The molecule has 26 heavy (non-hydrogen) atoms. The first-order valence-corrected chi connectivity index (χ1v) is 10.1. The van der Waals surface area contributed by atoms with Crippen molar-refractivity contribution in [3.63, 3.8) is 0 Å². The Labute approximate surface area is 158 Å². The topological polar surface area (TPSA) is 75.7 Å². The molecule has 1 N–H and O–H groups in total. The molecule has 6 nitrogen and oxygen atoms in total. The summed E-state index contributed by atoms with van der Waals surface area (Å²) < 4.78 is 30.5. The minimum atomic E-state index is -3.54. The summed E-state index contributed by atoms with van der Waals surface area (Å²) in [7, 11) is -2.06. The molecule has 0 aromatic heterocycles. The van der Waals surface area contributed by atoms with Crippen LogP contribution < -0.4 is 14.4 Å². The van der Waals surface area contributed by atoms with E-state index in [0.29, 0.717) is 22.0 Å². The highest BCUT2D eigenvalue weighted by Crippen LogP contribution is 2.30. The van der Waals surface area contributed by atoms with Crippen LogP contribution in [0.5, 0.6) is 5.75 Å². The van der Waals surface area contributed by atoms with Gasteiger partial charge in [0.2, 0.25) is 10.0 Å². The zero-order chi connectivity index (χ0) is 19.3. The predicted molar refractivity (Wildman–Crippen MR) is 104 cm³/mol. The summed E-state index contributed by atoms with van der Waals surface area (Å²) in [5.74, 6) is 0.209. The van der Waals surface area contributed by atoms with Crippen molar-refractivity contribution in [2.24, 2.45) is 0 Å². The number of ether oxygens (including phenoxy) is 1. The van der Waals surface area contributed by atoms with Crippen molar-refractivity contribution >= 4 is 33.2 Å². The van der Waals surface area contributed by atoms with Gasteiger partial charge in [0.25, 0.3) is 5.91 Å². The molecule has 0 spiro atoms. The molecule has 2 aromatic rings. The van der Waals surface area contributed by atoms with Gasteiger partial charge in [-0.15, -0.1) is 0 Å². The maximum absolute atomic E-state index is 12.3. The van der Waals surface area contributed by atoms with Gasteiger partial charge in [0, 0.05) is 12.1 Å². The number of rotatable bonds is 7. The highest BCUT2D eigenvalue weighted by Gasteiger charge is 2.19. The van der Waals surface area contributed by atoms with Gasteiger partial charge in [-0.2, -0.15) is 0 Å². The number of halogens is 1. The molecular weight excluding hydrogens is 376 g/mol. The van der Waals surface area contributed by atoms with E-state index in [0.717, 1.165) is 11.8 Å². The van der Waals surface area contributed by atoms with Crippen LogP contribution in [-0.2, 0) is 10.0 Å². The maximum atomic E-state index is 12.3. The molecule has 1 amide bonds. The van der Waals surface area contributed by atoms with Crippen LogP contribution in [-0.4, -0.2) is 40.8 Å². The molecule has 0 atom stereocenters. The Kier molecular flexibility index (Phi) is 6.50. The lowest BCUT2D eigenvalue weighted by Crippen LogP contribution is -2.38. The van der Waals surface area contributed by atoms with E-state index in [1.807, 2.05) is 19.1 Å². The molecule has 0 aliphatic heterocycles. The van der Waals surface area contributed by atoms with Gasteiger partial charge in [-0.25, -0.2) is 8.42 Å². The molecule has 0 heterocycles. The Balaban J connectivity index is 2.11. The average molecular weight is 397 g/mol. The lowest BCUT2D eigenvalue weighted by molar-refractivity contribution is 0.0954. The summed E-state index contributed by atoms with van der Waals surface area (Å²) in [6, 6.07) is 11.9. The van der Waals surface area contributed by atoms with Crippen molar-refractivity contribution in [3.05, 3.63) is 58.6 Å². The number of aryl methyl sites for hydroxylation is 1. The SMILES string of the molecule is COc1ccc(N(CCNC(=O)c2ccccc2C)S(C)(=O)=O)cc1Cl. The molecule has 0 unspecified atom stereocenters. The van der Waals surface area contributed by atoms with Gasteiger partial charge in [-0.05, 0) is 36.8 Å². The number of carbonyl (C=O) groups excluding carboxylic acids is 1. The molecule has 2 rings (SSSR count). The largest absolute Gasteiger partial charge is 0.495 e. The summed E-state index contributed by atoms with van der Waals surface area (Å²) in [5.41, 5.74) is 1.82. The summed E-state index contributed by atoms with van der Waals surface area (Å²) in [6.45, 7) is 2.08. The Morgan fingerprint density at radius 3 is 2.50 bits per heavy atom. The van der Waals surface area contributed by atoms with Gasteiger partial charge in [0.1, 0.15) is 5.75 Å². The molecule has 0 aliphatic rings. The number of methoxy groups -OCH3 is 1. The first kappa shape index (κ1) is 20.1. The highest BCUT2D eigenvalue weighted by atomic mass is 35.5. The van der Waals surface area contributed by atoms with Gasteiger partial charge in [-0.3, -0.25) is 9.10 Å². The van der Waals surface area contributed by atoms with Crippen molar-refractivity contribution < 1.29 is 17.9 Å². The van der Waals surface area contributed by atoms with Gasteiger partial charge >= 0.3 is 0 Å². The van der Waals surface area contributed by atoms with Gasteiger partial charge in [-0.1, -0.05) is 29.8 Å². The Morgan fingerprint density at radius 2 is 1.92 bits per heavy atom. The van der Waals surface area contributed by atoms with Crippen LogP contribution in [0, 0.1) is 6.92 Å². The smallest absolute Gasteiger partial charge is 0.251 e. The van der Waals surface area contributed by atoms with Gasteiger partial charge < -0.3 is 10.1 Å². The quantitative estimate of drug-likeness (QED) is 0.780. The third-order valence-electron chi connectivity index (χ3n) is 3.81. The molecule has 140 valence electrons. The van der Waals surface area contributed by atoms with Crippen molar-refractivity contribution in [1.29, 1.82) is 0 Å². The van der Waals surface area contributed by atoms with Crippen molar-refractivity contribution in [3.8, 4) is 5.75 Å². The lowest BCUT2D eigenvalue weighted by atomic mass is 10.1. The molecule has 2 aromatic carbocycles. The van der Waals surface area contributed by atoms with E-state index in [4.69, 9.17) is 16.3 Å². The number of nitrogens with one attached hydrogen (secondary N) is 1. The van der Waals surface area contributed by atoms with Crippen LogP contribution in [0.4, 0.5) is 5.69 Å². The van der Waals surface area contributed by atoms with Crippen LogP contribution in [0.2, 0.25) is 5.02 Å². The van der Waals surface area contributed by atoms with Crippen molar-refractivity contribution in [2.45, 2.75) is 6.92 Å². The molecule has 8 heteroatoms. The third kappa shape index (κ3) is 4.89. The first-order valence-electron chi connectivity index (χ1n) is 7.89. The summed E-state index contributed by atoms with van der Waals surface area (Å²) >= 11 is 6.09. The van der Waals surface area contributed by atoms with E-state index in [9.17, 15) is 13.2 Å². The zero-order valence-corrected chi connectivity index (χ0v) is 16.4. The number of carbonyl (C=O) groups is 1. The van der Waals surface area contributed by atoms with E-state index in [1.165, 1.54) is 17.5 Å². The molecule has 0 radical (unpaired) electrons. The van der Waals surface area contributed by atoms with E-state index < -0.39 is 10.0 Å².